The van der Waals surface area contributed by atoms with Crippen LogP contribution >= 0.6 is 0 Å². The Labute approximate surface area is 106 Å². The molecule has 0 aliphatic rings. The van der Waals surface area contributed by atoms with Crippen molar-refractivity contribution in [2.75, 3.05) is 11.9 Å². The first-order valence-electron chi connectivity index (χ1n) is 6.14. The summed E-state index contributed by atoms with van der Waals surface area (Å²) in [5, 5.41) is 3.32. The second-order valence-corrected chi connectivity index (χ2v) is 4.26. The zero-order valence-electron chi connectivity index (χ0n) is 10.1. The quantitative estimate of drug-likeness (QED) is 0.731. The average Bonchev–Trinajstić information content (AvgIpc) is 2.82. The third-order valence-corrected chi connectivity index (χ3v) is 2.94. The van der Waals surface area contributed by atoms with Gasteiger partial charge < -0.3 is 10.3 Å². The largest absolute Gasteiger partial charge is 0.355 e. The molecule has 3 rings (SSSR count). The molecule has 0 saturated carbocycles. The van der Waals surface area contributed by atoms with Crippen LogP contribution in [0.4, 0.5) is 5.95 Å². The van der Waals surface area contributed by atoms with Crippen LogP contribution in [0.3, 0.4) is 0 Å². The van der Waals surface area contributed by atoms with Crippen LogP contribution in [0.15, 0.2) is 54.6 Å². The minimum atomic E-state index is 0.840. The van der Waals surface area contributed by atoms with Crippen molar-refractivity contribution in [3.05, 3.63) is 60.2 Å². The Morgan fingerprint density at radius 2 is 1.72 bits per heavy atom. The molecule has 1 aromatic heterocycles. The fourth-order valence-electron chi connectivity index (χ4n) is 2.01. The lowest BCUT2D eigenvalue weighted by molar-refractivity contribution is 1.000. The zero-order valence-corrected chi connectivity index (χ0v) is 10.1. The summed E-state index contributed by atoms with van der Waals surface area (Å²) >= 11 is 0. The molecule has 0 aliphatic heterocycles. The topological polar surface area (TPSA) is 40.7 Å². The Morgan fingerprint density at radius 3 is 2.56 bits per heavy atom. The van der Waals surface area contributed by atoms with Gasteiger partial charge in [-0.25, -0.2) is 4.98 Å². The van der Waals surface area contributed by atoms with Crippen molar-refractivity contribution in [2.45, 2.75) is 6.42 Å². The molecule has 0 saturated heterocycles. The van der Waals surface area contributed by atoms with Crippen molar-refractivity contribution < 1.29 is 0 Å². The second kappa shape index (κ2) is 4.92. The van der Waals surface area contributed by atoms with Gasteiger partial charge >= 0.3 is 0 Å². The average molecular weight is 237 g/mol. The summed E-state index contributed by atoms with van der Waals surface area (Å²) in [5.74, 6) is 0.840. The number of fused-ring (bicyclic) bond motifs is 1. The van der Waals surface area contributed by atoms with Crippen LogP contribution < -0.4 is 5.32 Å². The van der Waals surface area contributed by atoms with Crippen LogP contribution in [0.1, 0.15) is 5.56 Å². The molecule has 3 heteroatoms. The molecule has 3 nitrogen and oxygen atoms in total. The number of nitrogens with one attached hydrogen (secondary N) is 2. The molecular formula is C15H15N3. The Balaban J connectivity index is 1.63. The number of para-hydroxylation sites is 2. The fraction of sp³-hybridized carbons (Fsp3) is 0.133. The van der Waals surface area contributed by atoms with E-state index in [0.29, 0.717) is 0 Å². The van der Waals surface area contributed by atoms with E-state index in [9.17, 15) is 0 Å². The molecule has 0 fully saturated rings. The molecular weight excluding hydrogens is 222 g/mol. The minimum absolute atomic E-state index is 0.840. The first-order valence-corrected chi connectivity index (χ1v) is 6.14. The SMILES string of the molecule is c1ccc(CCNc2nc3ccccc3[nH]2)cc1. The van der Waals surface area contributed by atoms with Crippen molar-refractivity contribution >= 4 is 17.0 Å². The molecule has 1 heterocycles. The summed E-state index contributed by atoms with van der Waals surface area (Å²) in [7, 11) is 0. The molecule has 2 aromatic carbocycles. The van der Waals surface area contributed by atoms with E-state index in [1.54, 1.807) is 0 Å². The molecule has 0 atom stereocenters. The normalized spacial score (nSPS) is 10.7. The molecule has 3 aromatic rings. The highest BCUT2D eigenvalue weighted by Gasteiger charge is 2.00. The number of benzene rings is 2. The molecule has 90 valence electrons. The highest BCUT2D eigenvalue weighted by molar-refractivity contribution is 5.77. The van der Waals surface area contributed by atoms with E-state index in [4.69, 9.17) is 0 Å². The van der Waals surface area contributed by atoms with Crippen molar-refractivity contribution in [2.24, 2.45) is 0 Å². The molecule has 0 amide bonds. The number of H-pyrrole nitrogens is 1. The lowest BCUT2D eigenvalue weighted by Crippen LogP contribution is -2.05. The fourth-order valence-corrected chi connectivity index (χ4v) is 2.01. The van der Waals surface area contributed by atoms with E-state index in [1.165, 1.54) is 5.56 Å². The van der Waals surface area contributed by atoms with Gasteiger partial charge in [0.1, 0.15) is 0 Å². The summed E-state index contributed by atoms with van der Waals surface area (Å²) in [6.45, 7) is 0.879. The van der Waals surface area contributed by atoms with Crippen LogP contribution in [0.25, 0.3) is 11.0 Å². The van der Waals surface area contributed by atoms with Crippen LogP contribution in [-0.4, -0.2) is 16.5 Å². The standard InChI is InChI=1S/C15H15N3/c1-2-6-12(7-3-1)10-11-16-15-17-13-8-4-5-9-14(13)18-15/h1-9H,10-11H2,(H2,16,17,18). The van der Waals surface area contributed by atoms with Gasteiger partial charge in [-0.3, -0.25) is 0 Å². The van der Waals surface area contributed by atoms with Gasteiger partial charge in [0.05, 0.1) is 11.0 Å². The zero-order chi connectivity index (χ0) is 12.2. The van der Waals surface area contributed by atoms with Crippen LogP contribution in [0, 0.1) is 0 Å². The molecule has 0 bridgehead atoms. The number of nitrogens with zero attached hydrogens (tertiary/aromatic N) is 1. The summed E-state index contributed by atoms with van der Waals surface area (Å²) in [4.78, 5) is 7.74. The number of hydrogen-bond acceptors (Lipinski definition) is 2. The lowest BCUT2D eigenvalue weighted by Gasteiger charge is -2.02. The van der Waals surface area contributed by atoms with E-state index in [-0.39, 0.29) is 0 Å². The van der Waals surface area contributed by atoms with Crippen molar-refractivity contribution in [1.82, 2.24) is 9.97 Å². The van der Waals surface area contributed by atoms with Gasteiger partial charge in [0.15, 0.2) is 0 Å². The highest BCUT2D eigenvalue weighted by atomic mass is 15.1. The van der Waals surface area contributed by atoms with Crippen LogP contribution in [-0.2, 0) is 6.42 Å². The Kier molecular flexibility index (Phi) is 2.96. The molecule has 0 unspecified atom stereocenters. The predicted molar refractivity (Wildman–Crippen MR) is 74.7 cm³/mol. The highest BCUT2D eigenvalue weighted by Crippen LogP contribution is 2.13. The first-order chi connectivity index (χ1) is 8.92. The Hall–Kier alpha value is -2.29. The van der Waals surface area contributed by atoms with Gasteiger partial charge in [0.2, 0.25) is 5.95 Å². The second-order valence-electron chi connectivity index (χ2n) is 4.26. The maximum Gasteiger partial charge on any atom is 0.201 e. The van der Waals surface area contributed by atoms with Gasteiger partial charge in [-0.05, 0) is 24.1 Å². The van der Waals surface area contributed by atoms with Crippen LogP contribution in [0.5, 0.6) is 0 Å². The minimum Gasteiger partial charge on any atom is -0.355 e. The number of aromatic amines is 1. The number of aromatic nitrogens is 2. The van der Waals surface area contributed by atoms with E-state index < -0.39 is 0 Å². The third kappa shape index (κ3) is 2.35. The summed E-state index contributed by atoms with van der Waals surface area (Å²) in [6, 6.07) is 18.5. The molecule has 0 radical (unpaired) electrons. The molecule has 0 aliphatic carbocycles. The van der Waals surface area contributed by atoms with Gasteiger partial charge in [-0.1, -0.05) is 42.5 Å². The summed E-state index contributed by atoms with van der Waals surface area (Å²) in [5.41, 5.74) is 3.40. The number of rotatable bonds is 4. The van der Waals surface area contributed by atoms with Crippen molar-refractivity contribution in [3.63, 3.8) is 0 Å². The summed E-state index contributed by atoms with van der Waals surface area (Å²) < 4.78 is 0. The number of imidazole rings is 1. The van der Waals surface area contributed by atoms with Gasteiger partial charge in [-0.2, -0.15) is 0 Å². The first kappa shape index (κ1) is 10.8. The Bertz CT molecular complexity index is 595. The summed E-state index contributed by atoms with van der Waals surface area (Å²) in [6.07, 6.45) is 0.998. The van der Waals surface area contributed by atoms with Crippen molar-refractivity contribution in [1.29, 1.82) is 0 Å². The van der Waals surface area contributed by atoms with Crippen LogP contribution in [0.2, 0.25) is 0 Å². The van der Waals surface area contributed by atoms with Gasteiger partial charge in [0, 0.05) is 6.54 Å². The number of anilines is 1. The van der Waals surface area contributed by atoms with E-state index in [1.807, 2.05) is 30.3 Å². The molecule has 2 N–H and O–H groups in total. The Morgan fingerprint density at radius 1 is 0.944 bits per heavy atom. The third-order valence-electron chi connectivity index (χ3n) is 2.94. The molecule has 18 heavy (non-hydrogen) atoms. The number of hydrogen-bond donors (Lipinski definition) is 2. The smallest absolute Gasteiger partial charge is 0.201 e. The predicted octanol–water partition coefficient (Wildman–Crippen LogP) is 3.22. The van der Waals surface area contributed by atoms with Gasteiger partial charge in [-0.15, -0.1) is 0 Å². The van der Waals surface area contributed by atoms with E-state index in [0.717, 1.165) is 29.9 Å². The lowest BCUT2D eigenvalue weighted by atomic mass is 10.1. The monoisotopic (exact) mass is 237 g/mol. The maximum absolute atomic E-state index is 4.48. The molecule has 0 spiro atoms. The maximum atomic E-state index is 4.48. The van der Waals surface area contributed by atoms with E-state index in [2.05, 4.69) is 39.6 Å². The van der Waals surface area contributed by atoms with E-state index >= 15 is 0 Å². The van der Waals surface area contributed by atoms with Gasteiger partial charge in [0.25, 0.3) is 0 Å². The van der Waals surface area contributed by atoms with Crippen molar-refractivity contribution in [3.8, 4) is 0 Å².